The van der Waals surface area contributed by atoms with Crippen LogP contribution in [0.2, 0.25) is 0 Å². The smallest absolute Gasteiger partial charge is 0.249 e. The SMILES string of the molecule is COc1ccccc1Nc1cnnc(Nc2ccc(C#N)cc2)n1. The third-order valence-corrected chi connectivity index (χ3v) is 3.20. The van der Waals surface area contributed by atoms with Crippen molar-refractivity contribution in [3.05, 3.63) is 60.3 Å². The maximum Gasteiger partial charge on any atom is 0.249 e. The van der Waals surface area contributed by atoms with Crippen molar-refractivity contribution in [3.8, 4) is 11.8 Å². The van der Waals surface area contributed by atoms with Crippen LogP contribution in [0.25, 0.3) is 0 Å². The summed E-state index contributed by atoms with van der Waals surface area (Å²) in [6, 6.07) is 16.6. The van der Waals surface area contributed by atoms with Gasteiger partial charge in [-0.1, -0.05) is 12.1 Å². The van der Waals surface area contributed by atoms with Crippen molar-refractivity contribution in [1.29, 1.82) is 5.26 Å². The largest absolute Gasteiger partial charge is 0.495 e. The number of hydrogen-bond donors (Lipinski definition) is 2. The molecule has 0 unspecified atom stereocenters. The molecule has 0 saturated heterocycles. The van der Waals surface area contributed by atoms with Crippen LogP contribution in [0.15, 0.2) is 54.7 Å². The van der Waals surface area contributed by atoms with Gasteiger partial charge in [-0.3, -0.25) is 0 Å². The average Bonchev–Trinajstić information content (AvgIpc) is 2.63. The number of rotatable bonds is 5. The quantitative estimate of drug-likeness (QED) is 0.745. The molecule has 0 fully saturated rings. The number of hydrogen-bond acceptors (Lipinski definition) is 7. The summed E-state index contributed by atoms with van der Waals surface area (Å²) in [6.45, 7) is 0. The van der Waals surface area contributed by atoms with Gasteiger partial charge >= 0.3 is 0 Å². The summed E-state index contributed by atoms with van der Waals surface area (Å²) in [5.41, 5.74) is 2.14. The normalized spacial score (nSPS) is 9.83. The highest BCUT2D eigenvalue weighted by molar-refractivity contribution is 5.64. The first-order valence-electron chi connectivity index (χ1n) is 7.15. The molecule has 0 aliphatic rings. The number of ether oxygens (including phenoxy) is 1. The Morgan fingerprint density at radius 3 is 2.58 bits per heavy atom. The lowest BCUT2D eigenvalue weighted by molar-refractivity contribution is 0.417. The molecule has 0 aliphatic heterocycles. The minimum atomic E-state index is 0.347. The molecule has 7 nitrogen and oxygen atoms in total. The van der Waals surface area contributed by atoms with Crippen molar-refractivity contribution >= 4 is 23.1 Å². The zero-order valence-electron chi connectivity index (χ0n) is 12.9. The monoisotopic (exact) mass is 318 g/mol. The third-order valence-electron chi connectivity index (χ3n) is 3.20. The lowest BCUT2D eigenvalue weighted by atomic mass is 10.2. The second-order valence-electron chi connectivity index (χ2n) is 4.80. The predicted molar refractivity (Wildman–Crippen MR) is 90.5 cm³/mol. The molecule has 3 aromatic rings. The molecule has 7 heteroatoms. The van der Waals surface area contributed by atoms with Gasteiger partial charge in [0.15, 0.2) is 5.82 Å². The van der Waals surface area contributed by atoms with Crippen LogP contribution < -0.4 is 15.4 Å². The number of nitrogens with one attached hydrogen (secondary N) is 2. The number of nitrogens with zero attached hydrogens (tertiary/aromatic N) is 4. The van der Waals surface area contributed by atoms with E-state index in [0.717, 1.165) is 11.4 Å². The van der Waals surface area contributed by atoms with Crippen molar-refractivity contribution in [3.63, 3.8) is 0 Å². The number of nitriles is 1. The zero-order chi connectivity index (χ0) is 16.8. The fourth-order valence-corrected chi connectivity index (χ4v) is 2.06. The van der Waals surface area contributed by atoms with Crippen LogP contribution in [0.3, 0.4) is 0 Å². The summed E-state index contributed by atoms with van der Waals surface area (Å²) in [7, 11) is 1.61. The molecule has 0 atom stereocenters. The molecule has 0 aliphatic carbocycles. The molecule has 118 valence electrons. The summed E-state index contributed by atoms with van der Waals surface area (Å²) in [5.74, 6) is 1.59. The van der Waals surface area contributed by atoms with Crippen molar-refractivity contribution < 1.29 is 4.74 Å². The molecule has 24 heavy (non-hydrogen) atoms. The Labute approximate surface area is 139 Å². The Morgan fingerprint density at radius 1 is 1.04 bits per heavy atom. The van der Waals surface area contributed by atoms with Crippen LogP contribution in [0, 0.1) is 11.3 Å². The lowest BCUT2D eigenvalue weighted by Gasteiger charge is -2.10. The maximum atomic E-state index is 8.81. The highest BCUT2D eigenvalue weighted by Gasteiger charge is 2.05. The van der Waals surface area contributed by atoms with E-state index in [1.807, 2.05) is 24.3 Å². The molecule has 0 bridgehead atoms. The first-order chi connectivity index (χ1) is 11.8. The molecule has 0 spiro atoms. The molecule has 1 heterocycles. The summed E-state index contributed by atoms with van der Waals surface area (Å²) >= 11 is 0. The molecular formula is C17H14N6O. The van der Waals surface area contributed by atoms with Crippen LogP contribution in [0.5, 0.6) is 5.75 Å². The molecule has 0 radical (unpaired) electrons. The molecule has 2 N–H and O–H groups in total. The Bertz CT molecular complexity index is 873. The van der Waals surface area contributed by atoms with Gasteiger partial charge in [-0.15, -0.1) is 5.10 Å². The first-order valence-corrected chi connectivity index (χ1v) is 7.15. The van der Waals surface area contributed by atoms with Gasteiger partial charge in [0.2, 0.25) is 5.95 Å². The Kier molecular flexibility index (Phi) is 4.49. The van der Waals surface area contributed by atoms with Gasteiger partial charge in [0.05, 0.1) is 30.6 Å². The van der Waals surface area contributed by atoms with E-state index in [9.17, 15) is 0 Å². The molecule has 3 rings (SSSR count). The van der Waals surface area contributed by atoms with Crippen LogP contribution in [0.1, 0.15) is 5.56 Å². The second kappa shape index (κ2) is 7.07. The summed E-state index contributed by atoms with van der Waals surface area (Å²) in [4.78, 5) is 4.36. The van der Waals surface area contributed by atoms with Gasteiger partial charge in [0.25, 0.3) is 0 Å². The van der Waals surface area contributed by atoms with Crippen LogP contribution in [-0.4, -0.2) is 22.3 Å². The standard InChI is InChI=1S/C17H14N6O/c1-24-15-5-3-2-4-14(15)21-16-11-19-23-17(22-16)20-13-8-6-12(10-18)7-9-13/h2-9,11H,1H3,(H2,20,21,22,23). The fraction of sp³-hybridized carbons (Fsp3) is 0.0588. The Balaban J connectivity index is 1.77. The lowest BCUT2D eigenvalue weighted by Crippen LogP contribution is -2.03. The zero-order valence-corrected chi connectivity index (χ0v) is 12.9. The van der Waals surface area contributed by atoms with E-state index in [1.54, 1.807) is 31.4 Å². The van der Waals surface area contributed by atoms with Gasteiger partial charge in [0.1, 0.15) is 5.75 Å². The maximum absolute atomic E-state index is 8.81. The van der Waals surface area contributed by atoms with Crippen LogP contribution in [0.4, 0.5) is 23.1 Å². The Morgan fingerprint density at radius 2 is 1.83 bits per heavy atom. The summed E-state index contributed by atoms with van der Waals surface area (Å²) in [6.07, 6.45) is 1.52. The third kappa shape index (κ3) is 3.56. The number of benzene rings is 2. The van der Waals surface area contributed by atoms with Crippen molar-refractivity contribution in [2.75, 3.05) is 17.7 Å². The van der Waals surface area contributed by atoms with Gasteiger partial charge in [-0.25, -0.2) is 0 Å². The van der Waals surface area contributed by atoms with Gasteiger partial charge in [0, 0.05) is 5.69 Å². The predicted octanol–water partition coefficient (Wildman–Crippen LogP) is 3.24. The van der Waals surface area contributed by atoms with E-state index in [4.69, 9.17) is 10.00 Å². The van der Waals surface area contributed by atoms with E-state index in [-0.39, 0.29) is 0 Å². The number of para-hydroxylation sites is 2. The van der Waals surface area contributed by atoms with Crippen molar-refractivity contribution in [1.82, 2.24) is 15.2 Å². The topological polar surface area (TPSA) is 95.8 Å². The van der Waals surface area contributed by atoms with E-state index < -0.39 is 0 Å². The highest BCUT2D eigenvalue weighted by Crippen LogP contribution is 2.26. The fourth-order valence-electron chi connectivity index (χ4n) is 2.06. The van der Waals surface area contributed by atoms with Gasteiger partial charge < -0.3 is 15.4 Å². The number of methoxy groups -OCH3 is 1. The van der Waals surface area contributed by atoms with Crippen LogP contribution >= 0.6 is 0 Å². The summed E-state index contributed by atoms with van der Waals surface area (Å²) < 4.78 is 5.30. The molecule has 2 aromatic carbocycles. The minimum Gasteiger partial charge on any atom is -0.495 e. The van der Waals surface area contributed by atoms with E-state index in [0.29, 0.717) is 23.1 Å². The first kappa shape index (κ1) is 15.2. The van der Waals surface area contributed by atoms with E-state index in [1.165, 1.54) is 6.20 Å². The van der Waals surface area contributed by atoms with Gasteiger partial charge in [-0.2, -0.15) is 15.3 Å². The van der Waals surface area contributed by atoms with E-state index >= 15 is 0 Å². The second-order valence-corrected chi connectivity index (χ2v) is 4.80. The molecular weight excluding hydrogens is 304 g/mol. The van der Waals surface area contributed by atoms with Crippen molar-refractivity contribution in [2.45, 2.75) is 0 Å². The summed E-state index contributed by atoms with van der Waals surface area (Å²) in [5, 5.41) is 22.9. The van der Waals surface area contributed by atoms with Crippen molar-refractivity contribution in [2.24, 2.45) is 0 Å². The molecule has 0 amide bonds. The highest BCUT2D eigenvalue weighted by atomic mass is 16.5. The Hall–Kier alpha value is -3.66. The molecule has 0 saturated carbocycles. The minimum absolute atomic E-state index is 0.347. The number of aromatic nitrogens is 3. The average molecular weight is 318 g/mol. The van der Waals surface area contributed by atoms with Crippen LogP contribution in [-0.2, 0) is 0 Å². The van der Waals surface area contributed by atoms with Gasteiger partial charge in [-0.05, 0) is 36.4 Å². The molecule has 1 aromatic heterocycles. The number of anilines is 4. The van der Waals surface area contributed by atoms with E-state index in [2.05, 4.69) is 31.9 Å².